The van der Waals surface area contributed by atoms with Gasteiger partial charge in [-0.15, -0.1) is 0 Å². The second kappa shape index (κ2) is 9.31. The number of ether oxygens (including phenoxy) is 2. The van der Waals surface area contributed by atoms with Gasteiger partial charge < -0.3 is 20.1 Å². The van der Waals surface area contributed by atoms with Crippen molar-refractivity contribution in [2.24, 2.45) is 4.99 Å². The fraction of sp³-hybridized carbons (Fsp3) is 0.458. The third-order valence-electron chi connectivity index (χ3n) is 5.82. The van der Waals surface area contributed by atoms with E-state index in [4.69, 9.17) is 9.47 Å². The number of benzene rings is 2. The van der Waals surface area contributed by atoms with Crippen LogP contribution in [-0.4, -0.2) is 38.9 Å². The molecular formula is C24H31N3O2. The van der Waals surface area contributed by atoms with Gasteiger partial charge in [-0.2, -0.15) is 0 Å². The molecule has 1 aliphatic carbocycles. The van der Waals surface area contributed by atoms with E-state index in [0.717, 1.165) is 49.7 Å². The van der Waals surface area contributed by atoms with Gasteiger partial charge in [0.05, 0.1) is 6.10 Å². The molecule has 2 aliphatic rings. The molecule has 1 aliphatic heterocycles. The van der Waals surface area contributed by atoms with Crippen LogP contribution in [0.2, 0.25) is 0 Å². The Morgan fingerprint density at radius 3 is 2.90 bits per heavy atom. The number of aliphatic imine (C=N–C) groups is 1. The van der Waals surface area contributed by atoms with E-state index in [-0.39, 0.29) is 6.10 Å². The molecule has 154 valence electrons. The maximum absolute atomic E-state index is 6.11. The summed E-state index contributed by atoms with van der Waals surface area (Å²) in [6.07, 6.45) is 3.57. The maximum atomic E-state index is 6.11. The summed E-state index contributed by atoms with van der Waals surface area (Å²) in [6.45, 7) is 5.12. The van der Waals surface area contributed by atoms with Crippen molar-refractivity contribution in [1.29, 1.82) is 0 Å². The Labute approximate surface area is 173 Å². The number of rotatable bonds is 7. The van der Waals surface area contributed by atoms with Crippen molar-refractivity contribution in [2.75, 3.05) is 26.8 Å². The van der Waals surface area contributed by atoms with Gasteiger partial charge in [-0.1, -0.05) is 36.4 Å². The van der Waals surface area contributed by atoms with Crippen molar-refractivity contribution >= 4 is 5.96 Å². The number of aryl methyl sites for hydroxylation is 1. The van der Waals surface area contributed by atoms with Crippen LogP contribution in [0.1, 0.15) is 41.0 Å². The number of guanidine groups is 1. The van der Waals surface area contributed by atoms with Crippen LogP contribution < -0.4 is 15.4 Å². The van der Waals surface area contributed by atoms with Gasteiger partial charge in [0.1, 0.15) is 12.4 Å². The predicted molar refractivity (Wildman–Crippen MR) is 117 cm³/mol. The summed E-state index contributed by atoms with van der Waals surface area (Å²) < 4.78 is 11.8. The van der Waals surface area contributed by atoms with Crippen LogP contribution in [0.4, 0.5) is 0 Å². The predicted octanol–water partition coefficient (Wildman–Crippen LogP) is 3.56. The molecule has 0 amide bonds. The summed E-state index contributed by atoms with van der Waals surface area (Å²) in [5.74, 6) is 2.31. The minimum atomic E-state index is 0.219. The van der Waals surface area contributed by atoms with Crippen LogP contribution >= 0.6 is 0 Å². The molecule has 2 aromatic rings. The average Bonchev–Trinajstić information content (AvgIpc) is 3.24. The number of hydrogen-bond donors (Lipinski definition) is 2. The molecule has 0 spiro atoms. The number of nitrogens with one attached hydrogen (secondary N) is 2. The molecule has 2 unspecified atom stereocenters. The van der Waals surface area contributed by atoms with Crippen LogP contribution in [0.5, 0.6) is 5.75 Å². The van der Waals surface area contributed by atoms with E-state index < -0.39 is 0 Å². The van der Waals surface area contributed by atoms with Gasteiger partial charge in [0.15, 0.2) is 5.96 Å². The normalized spacial score (nSPS) is 20.7. The molecule has 1 heterocycles. The highest BCUT2D eigenvalue weighted by atomic mass is 16.5. The maximum Gasteiger partial charge on any atom is 0.191 e. The Hall–Kier alpha value is -2.53. The molecule has 0 bridgehead atoms. The first kappa shape index (κ1) is 19.8. The van der Waals surface area contributed by atoms with Gasteiger partial charge in [0.2, 0.25) is 0 Å². The highest BCUT2D eigenvalue weighted by Crippen LogP contribution is 2.33. The van der Waals surface area contributed by atoms with Crippen LogP contribution in [-0.2, 0) is 17.7 Å². The molecular weight excluding hydrogens is 362 g/mol. The van der Waals surface area contributed by atoms with E-state index >= 15 is 0 Å². The molecule has 4 rings (SSSR count). The smallest absolute Gasteiger partial charge is 0.191 e. The fourth-order valence-electron chi connectivity index (χ4n) is 4.06. The lowest BCUT2D eigenvalue weighted by Gasteiger charge is -2.30. The zero-order valence-corrected chi connectivity index (χ0v) is 17.4. The summed E-state index contributed by atoms with van der Waals surface area (Å²) in [5.41, 5.74) is 5.25. The number of nitrogens with zero attached hydrogens (tertiary/aromatic N) is 1. The van der Waals surface area contributed by atoms with E-state index in [0.29, 0.717) is 19.1 Å². The van der Waals surface area contributed by atoms with Crippen LogP contribution in [0.15, 0.2) is 47.5 Å². The van der Waals surface area contributed by atoms with Crippen molar-refractivity contribution in [2.45, 2.75) is 44.8 Å². The van der Waals surface area contributed by atoms with Crippen molar-refractivity contribution in [3.8, 4) is 5.75 Å². The van der Waals surface area contributed by atoms with Crippen LogP contribution in [0.3, 0.4) is 0 Å². The minimum absolute atomic E-state index is 0.219. The summed E-state index contributed by atoms with van der Waals surface area (Å²) in [5, 5.41) is 6.90. The summed E-state index contributed by atoms with van der Waals surface area (Å²) >= 11 is 0. The Bertz CT molecular complexity index is 859. The molecule has 29 heavy (non-hydrogen) atoms. The summed E-state index contributed by atoms with van der Waals surface area (Å²) in [6, 6.07) is 15.0. The third kappa shape index (κ3) is 4.91. The molecule has 0 aromatic heterocycles. The van der Waals surface area contributed by atoms with E-state index in [2.05, 4.69) is 65.0 Å². The first-order chi connectivity index (χ1) is 14.2. The average molecular weight is 394 g/mol. The Kier molecular flexibility index (Phi) is 6.35. The topological polar surface area (TPSA) is 54.9 Å². The largest absolute Gasteiger partial charge is 0.491 e. The Morgan fingerprint density at radius 1 is 1.21 bits per heavy atom. The van der Waals surface area contributed by atoms with Crippen molar-refractivity contribution < 1.29 is 9.47 Å². The van der Waals surface area contributed by atoms with Gasteiger partial charge in [0, 0.05) is 38.2 Å². The summed E-state index contributed by atoms with van der Waals surface area (Å²) in [4.78, 5) is 4.38. The standard InChI is InChI=1S/C24H31N3O2/c1-17-9-10-19(23(12-17)29-16-21-7-5-11-28-21)14-26-24(25-2)27-15-20-13-18-6-3-4-8-22(18)20/h3-4,6,8-10,12,20-21H,5,7,11,13-16H2,1-2H3,(H2,25,26,27). The van der Waals surface area contributed by atoms with E-state index in [9.17, 15) is 0 Å². The Balaban J connectivity index is 1.30. The zero-order valence-electron chi connectivity index (χ0n) is 17.4. The molecule has 0 radical (unpaired) electrons. The lowest BCUT2D eigenvalue weighted by Crippen LogP contribution is -2.40. The second-order valence-electron chi connectivity index (χ2n) is 7.96. The lowest BCUT2D eigenvalue weighted by atomic mass is 9.78. The van der Waals surface area contributed by atoms with Gasteiger partial charge in [-0.25, -0.2) is 0 Å². The zero-order chi connectivity index (χ0) is 20.1. The van der Waals surface area contributed by atoms with Gasteiger partial charge >= 0.3 is 0 Å². The lowest BCUT2D eigenvalue weighted by molar-refractivity contribution is 0.0676. The molecule has 5 heteroatoms. The minimum Gasteiger partial charge on any atom is -0.491 e. The number of hydrogen-bond acceptors (Lipinski definition) is 3. The van der Waals surface area contributed by atoms with Gasteiger partial charge in [0.25, 0.3) is 0 Å². The monoisotopic (exact) mass is 393 g/mol. The van der Waals surface area contributed by atoms with Crippen LogP contribution in [0.25, 0.3) is 0 Å². The van der Waals surface area contributed by atoms with Gasteiger partial charge in [-0.05, 0) is 48.9 Å². The molecule has 2 atom stereocenters. The van der Waals surface area contributed by atoms with Crippen molar-refractivity contribution in [3.63, 3.8) is 0 Å². The highest BCUT2D eigenvalue weighted by Gasteiger charge is 2.25. The SMILES string of the molecule is CN=C(NCc1ccc(C)cc1OCC1CCCO1)NCC1Cc2ccccc21. The van der Waals surface area contributed by atoms with Crippen molar-refractivity contribution in [1.82, 2.24) is 10.6 Å². The first-order valence-electron chi connectivity index (χ1n) is 10.6. The molecule has 1 fully saturated rings. The summed E-state index contributed by atoms with van der Waals surface area (Å²) in [7, 11) is 1.81. The van der Waals surface area contributed by atoms with E-state index in [1.807, 2.05) is 7.05 Å². The first-order valence-corrected chi connectivity index (χ1v) is 10.6. The molecule has 2 aromatic carbocycles. The van der Waals surface area contributed by atoms with Gasteiger partial charge in [-0.3, -0.25) is 4.99 Å². The quantitative estimate of drug-likeness (QED) is 0.558. The van der Waals surface area contributed by atoms with E-state index in [1.54, 1.807) is 0 Å². The second-order valence-corrected chi connectivity index (χ2v) is 7.96. The molecule has 5 nitrogen and oxygen atoms in total. The number of fused-ring (bicyclic) bond motifs is 1. The van der Waals surface area contributed by atoms with E-state index in [1.165, 1.54) is 16.7 Å². The van der Waals surface area contributed by atoms with Crippen molar-refractivity contribution in [3.05, 3.63) is 64.7 Å². The highest BCUT2D eigenvalue weighted by molar-refractivity contribution is 5.79. The molecule has 0 saturated carbocycles. The molecule has 1 saturated heterocycles. The Morgan fingerprint density at radius 2 is 2.10 bits per heavy atom. The van der Waals surface area contributed by atoms with Crippen LogP contribution in [0, 0.1) is 6.92 Å². The fourth-order valence-corrected chi connectivity index (χ4v) is 4.06. The molecule has 2 N–H and O–H groups in total. The third-order valence-corrected chi connectivity index (χ3v) is 5.82.